The van der Waals surface area contributed by atoms with Gasteiger partial charge in [0.2, 0.25) is 0 Å². The molecule has 1 aromatic rings. The Morgan fingerprint density at radius 3 is 2.25 bits per heavy atom. The molecule has 0 aliphatic carbocycles. The van der Waals surface area contributed by atoms with E-state index in [4.69, 9.17) is 14.2 Å². The van der Waals surface area contributed by atoms with E-state index in [9.17, 15) is 9.59 Å². The van der Waals surface area contributed by atoms with Gasteiger partial charge in [0.05, 0.1) is 26.4 Å². The van der Waals surface area contributed by atoms with E-state index < -0.39 is 11.8 Å². The monoisotopic (exact) mass is 280 g/mol. The van der Waals surface area contributed by atoms with Crippen LogP contribution in [0.15, 0.2) is 12.1 Å². The van der Waals surface area contributed by atoms with Crippen molar-refractivity contribution in [2.45, 2.75) is 26.7 Å². The molecule has 0 heterocycles. The topological polar surface area (TPSA) is 61.8 Å². The van der Waals surface area contributed by atoms with Gasteiger partial charge in [-0.25, -0.2) is 4.79 Å². The zero-order valence-electron chi connectivity index (χ0n) is 12.5. The lowest BCUT2D eigenvalue weighted by atomic mass is 9.96. The van der Waals surface area contributed by atoms with Crippen molar-refractivity contribution in [3.63, 3.8) is 0 Å². The van der Waals surface area contributed by atoms with Gasteiger partial charge in [0.15, 0.2) is 0 Å². The summed E-state index contributed by atoms with van der Waals surface area (Å²) in [6.45, 7) is 5.72. The van der Waals surface area contributed by atoms with Crippen LogP contribution in [0.3, 0.4) is 0 Å². The molecule has 1 rings (SSSR count). The van der Waals surface area contributed by atoms with Crippen LogP contribution in [0.25, 0.3) is 0 Å². The van der Waals surface area contributed by atoms with Gasteiger partial charge in [-0.15, -0.1) is 0 Å². The van der Waals surface area contributed by atoms with Gasteiger partial charge in [0, 0.05) is 5.56 Å². The maximum Gasteiger partial charge on any atom is 0.379 e. The second kappa shape index (κ2) is 6.93. The maximum atomic E-state index is 12.1. The molecule has 0 unspecified atom stereocenters. The number of carbonyl (C=O) groups is 2. The van der Waals surface area contributed by atoms with Gasteiger partial charge >= 0.3 is 5.97 Å². The van der Waals surface area contributed by atoms with Crippen LogP contribution in [0, 0.1) is 0 Å². The Balaban J connectivity index is 3.38. The summed E-state index contributed by atoms with van der Waals surface area (Å²) < 4.78 is 15.3. The van der Waals surface area contributed by atoms with Crippen LogP contribution in [-0.4, -0.2) is 32.6 Å². The fourth-order valence-corrected chi connectivity index (χ4v) is 2.01. The van der Waals surface area contributed by atoms with Crippen molar-refractivity contribution in [1.82, 2.24) is 0 Å². The molecule has 0 N–H and O–H groups in total. The number of hydrogen-bond acceptors (Lipinski definition) is 5. The van der Waals surface area contributed by atoms with E-state index in [0.717, 1.165) is 5.56 Å². The highest BCUT2D eigenvalue weighted by molar-refractivity contribution is 6.41. The van der Waals surface area contributed by atoms with Gasteiger partial charge in [0.25, 0.3) is 5.78 Å². The average Bonchev–Trinajstić information content (AvgIpc) is 2.44. The number of Topliss-reactive ketones (excluding diaryl/α,β-unsaturated/α-hetero) is 1. The summed E-state index contributed by atoms with van der Waals surface area (Å²) in [5, 5.41) is 0. The van der Waals surface area contributed by atoms with Crippen molar-refractivity contribution >= 4 is 11.8 Å². The van der Waals surface area contributed by atoms with Crippen molar-refractivity contribution in [3.8, 4) is 11.5 Å². The average molecular weight is 280 g/mol. The number of hydrogen-bond donors (Lipinski definition) is 0. The van der Waals surface area contributed by atoms with Crippen LogP contribution < -0.4 is 9.47 Å². The normalized spacial score (nSPS) is 10.3. The van der Waals surface area contributed by atoms with Crippen molar-refractivity contribution in [1.29, 1.82) is 0 Å². The molecule has 0 fully saturated rings. The Kier molecular flexibility index (Phi) is 5.55. The lowest BCUT2D eigenvalue weighted by Crippen LogP contribution is -2.19. The first-order chi connectivity index (χ1) is 9.47. The maximum absolute atomic E-state index is 12.1. The smallest absolute Gasteiger partial charge is 0.379 e. The lowest BCUT2D eigenvalue weighted by molar-refractivity contribution is -0.137. The molecule has 0 spiro atoms. The Morgan fingerprint density at radius 1 is 1.15 bits per heavy atom. The summed E-state index contributed by atoms with van der Waals surface area (Å²) in [5.41, 5.74) is 0.945. The number of carbonyl (C=O) groups excluding carboxylic acids is 2. The molecule has 0 radical (unpaired) electrons. The quantitative estimate of drug-likeness (QED) is 0.455. The molecule has 0 aromatic heterocycles. The minimum atomic E-state index is -0.884. The molecule has 0 saturated heterocycles. The van der Waals surface area contributed by atoms with Crippen LogP contribution in [0.2, 0.25) is 0 Å². The predicted octanol–water partition coefficient (Wildman–Crippen LogP) is 2.57. The number of ketones is 1. The second-order valence-corrected chi connectivity index (χ2v) is 4.47. The summed E-state index contributed by atoms with van der Waals surface area (Å²) in [6.07, 6.45) is 0. The fourth-order valence-electron chi connectivity index (χ4n) is 2.01. The van der Waals surface area contributed by atoms with Gasteiger partial charge in [-0.1, -0.05) is 13.8 Å². The van der Waals surface area contributed by atoms with E-state index in [-0.39, 0.29) is 18.1 Å². The number of esters is 1. The Bertz CT molecular complexity index is 505. The predicted molar refractivity (Wildman–Crippen MR) is 74.6 cm³/mol. The molecule has 0 saturated carbocycles. The molecule has 0 aliphatic heterocycles. The van der Waals surface area contributed by atoms with Crippen LogP contribution >= 0.6 is 0 Å². The summed E-state index contributed by atoms with van der Waals surface area (Å²) >= 11 is 0. The first-order valence-corrected chi connectivity index (χ1v) is 6.44. The van der Waals surface area contributed by atoms with Crippen molar-refractivity contribution in [3.05, 3.63) is 23.3 Å². The largest absolute Gasteiger partial charge is 0.496 e. The third kappa shape index (κ3) is 3.10. The molecule has 0 amide bonds. The molecule has 5 heteroatoms. The summed E-state index contributed by atoms with van der Waals surface area (Å²) in [5.74, 6) is -0.538. The minimum absolute atomic E-state index is 0.0786. The van der Waals surface area contributed by atoms with E-state index >= 15 is 0 Å². The molecule has 1 aromatic carbocycles. The van der Waals surface area contributed by atoms with E-state index in [2.05, 4.69) is 0 Å². The van der Waals surface area contributed by atoms with E-state index in [1.54, 1.807) is 20.1 Å². The Hall–Kier alpha value is -2.04. The summed E-state index contributed by atoms with van der Waals surface area (Å²) in [7, 11) is 3.01. The van der Waals surface area contributed by atoms with Gasteiger partial charge < -0.3 is 14.2 Å². The summed E-state index contributed by atoms with van der Waals surface area (Å²) in [6, 6.07) is 3.17. The number of ether oxygens (including phenoxy) is 3. The van der Waals surface area contributed by atoms with E-state index in [1.165, 1.54) is 13.2 Å². The first-order valence-electron chi connectivity index (χ1n) is 6.44. The first kappa shape index (κ1) is 16.0. The van der Waals surface area contributed by atoms with Gasteiger partial charge in [0.1, 0.15) is 11.5 Å². The van der Waals surface area contributed by atoms with Crippen LogP contribution in [0.4, 0.5) is 0 Å². The van der Waals surface area contributed by atoms with Crippen molar-refractivity contribution in [2.75, 3.05) is 20.8 Å². The minimum Gasteiger partial charge on any atom is -0.496 e. The third-order valence-corrected chi connectivity index (χ3v) is 2.86. The highest BCUT2D eigenvalue weighted by Gasteiger charge is 2.26. The lowest BCUT2D eigenvalue weighted by Gasteiger charge is -2.18. The van der Waals surface area contributed by atoms with E-state index in [0.29, 0.717) is 11.5 Å². The molecule has 0 atom stereocenters. The molecular formula is C15H20O5. The zero-order chi connectivity index (χ0) is 15.3. The Labute approximate surface area is 118 Å². The zero-order valence-corrected chi connectivity index (χ0v) is 12.5. The molecule has 110 valence electrons. The second-order valence-electron chi connectivity index (χ2n) is 4.47. The SMILES string of the molecule is CCOC(=O)C(=O)c1ccc(OC)c(C(C)C)c1OC. The van der Waals surface area contributed by atoms with E-state index in [1.807, 2.05) is 13.8 Å². The van der Waals surface area contributed by atoms with Gasteiger partial charge in [-0.3, -0.25) is 4.79 Å². The molecule has 0 bridgehead atoms. The highest BCUT2D eigenvalue weighted by atomic mass is 16.5. The number of rotatable bonds is 6. The summed E-state index contributed by atoms with van der Waals surface area (Å²) in [4.78, 5) is 23.7. The standard InChI is InChI=1S/C15H20O5/c1-6-20-15(17)13(16)10-7-8-11(18-4)12(9(2)3)14(10)19-5/h7-9H,6H2,1-5H3. The number of methoxy groups -OCH3 is 2. The molecule has 5 nitrogen and oxygen atoms in total. The molecular weight excluding hydrogens is 260 g/mol. The van der Waals surface area contributed by atoms with Gasteiger partial charge in [-0.05, 0) is 25.0 Å². The third-order valence-electron chi connectivity index (χ3n) is 2.86. The van der Waals surface area contributed by atoms with Crippen LogP contribution in [0.5, 0.6) is 11.5 Å². The van der Waals surface area contributed by atoms with Crippen molar-refractivity contribution < 1.29 is 23.8 Å². The fraction of sp³-hybridized carbons (Fsp3) is 0.467. The highest BCUT2D eigenvalue weighted by Crippen LogP contribution is 2.38. The number of benzene rings is 1. The Morgan fingerprint density at radius 2 is 1.80 bits per heavy atom. The molecule has 20 heavy (non-hydrogen) atoms. The van der Waals surface area contributed by atoms with Crippen LogP contribution in [-0.2, 0) is 9.53 Å². The molecule has 0 aliphatic rings. The van der Waals surface area contributed by atoms with Crippen molar-refractivity contribution in [2.24, 2.45) is 0 Å². The van der Waals surface area contributed by atoms with Gasteiger partial charge in [-0.2, -0.15) is 0 Å². The van der Waals surface area contributed by atoms with Crippen LogP contribution in [0.1, 0.15) is 42.6 Å².